The molecule has 3 atom stereocenters. The number of nitrogens with zero attached hydrogens (tertiary/aromatic N) is 1. The van der Waals surface area contributed by atoms with E-state index in [9.17, 15) is 9.59 Å². The molecular weight excluding hydrogens is 318 g/mol. The molecule has 25 heavy (non-hydrogen) atoms. The van der Waals surface area contributed by atoms with Gasteiger partial charge in [-0.15, -0.1) is 0 Å². The summed E-state index contributed by atoms with van der Waals surface area (Å²) in [5.74, 6) is 0.745. The highest BCUT2D eigenvalue weighted by Gasteiger charge is 2.37. The summed E-state index contributed by atoms with van der Waals surface area (Å²) in [6.45, 7) is 6.33. The van der Waals surface area contributed by atoms with Crippen molar-refractivity contribution in [3.63, 3.8) is 0 Å². The van der Waals surface area contributed by atoms with E-state index in [1.165, 1.54) is 0 Å². The summed E-state index contributed by atoms with van der Waals surface area (Å²) in [7, 11) is 1.59. The molecule has 2 N–H and O–H groups in total. The maximum atomic E-state index is 12.7. The van der Waals surface area contributed by atoms with Gasteiger partial charge in [-0.05, 0) is 43.5 Å². The van der Waals surface area contributed by atoms with Gasteiger partial charge in [0.2, 0.25) is 11.8 Å². The van der Waals surface area contributed by atoms with Crippen molar-refractivity contribution in [2.24, 2.45) is 11.8 Å². The first-order chi connectivity index (χ1) is 12.0. The molecule has 0 aromatic heterocycles. The fourth-order valence-electron chi connectivity index (χ4n) is 3.61. The number of hydrogen-bond donors (Lipinski definition) is 2. The third-order valence-corrected chi connectivity index (χ3v) is 5.28. The lowest BCUT2D eigenvalue weighted by Crippen LogP contribution is -2.51. The van der Waals surface area contributed by atoms with E-state index < -0.39 is 0 Å². The molecule has 2 heterocycles. The number of anilines is 1. The van der Waals surface area contributed by atoms with Gasteiger partial charge in [-0.3, -0.25) is 9.59 Å². The summed E-state index contributed by atoms with van der Waals surface area (Å²) in [6.07, 6.45) is 1.30. The number of piperidine rings is 1. The summed E-state index contributed by atoms with van der Waals surface area (Å²) in [5, 5.41) is 6.45. The average Bonchev–Trinajstić information content (AvgIpc) is 2.98. The highest BCUT2D eigenvalue weighted by molar-refractivity contribution is 6.01. The van der Waals surface area contributed by atoms with Crippen LogP contribution in [-0.2, 0) is 9.59 Å². The van der Waals surface area contributed by atoms with E-state index in [0.717, 1.165) is 30.8 Å². The van der Waals surface area contributed by atoms with E-state index in [-0.39, 0.29) is 30.2 Å². The monoisotopic (exact) mass is 345 g/mol. The molecule has 2 amide bonds. The number of nitrogens with one attached hydrogen (secondary N) is 2. The number of ether oxygens (including phenoxy) is 1. The molecule has 0 saturated carbocycles. The number of rotatable bonds is 4. The first kappa shape index (κ1) is 17.7. The minimum absolute atomic E-state index is 0.0250. The molecule has 3 rings (SSSR count). The quantitative estimate of drug-likeness (QED) is 0.867. The number of carbonyl (C=O) groups excluding carboxylic acids is 2. The fourth-order valence-corrected chi connectivity index (χ4v) is 3.61. The largest absolute Gasteiger partial charge is 0.495 e. The standard InChI is InChI=1S/C19H27N3O3/c1-12-4-5-17(25-3)16(8-12)22-11-14(9-18(22)23)19(24)21-15-10-20-7-6-13(15)2/h4-5,8,13-15,20H,6-7,9-11H2,1-3H3,(H,21,24). The van der Waals surface area contributed by atoms with Crippen molar-refractivity contribution in [3.05, 3.63) is 23.8 Å². The number of benzene rings is 1. The van der Waals surface area contributed by atoms with Crippen molar-refractivity contribution in [1.82, 2.24) is 10.6 Å². The first-order valence-electron chi connectivity index (χ1n) is 8.95. The second-order valence-electron chi connectivity index (χ2n) is 7.17. The molecular formula is C19H27N3O3. The molecule has 2 saturated heterocycles. The lowest BCUT2D eigenvalue weighted by molar-refractivity contribution is -0.127. The van der Waals surface area contributed by atoms with E-state index in [1.807, 2.05) is 25.1 Å². The lowest BCUT2D eigenvalue weighted by Gasteiger charge is -2.31. The molecule has 0 radical (unpaired) electrons. The van der Waals surface area contributed by atoms with Crippen LogP contribution in [0.1, 0.15) is 25.3 Å². The summed E-state index contributed by atoms with van der Waals surface area (Å²) in [6, 6.07) is 5.88. The zero-order valence-corrected chi connectivity index (χ0v) is 15.2. The molecule has 3 unspecified atom stereocenters. The highest BCUT2D eigenvalue weighted by Crippen LogP contribution is 2.34. The van der Waals surface area contributed by atoms with Crippen LogP contribution >= 0.6 is 0 Å². The van der Waals surface area contributed by atoms with E-state index in [1.54, 1.807) is 12.0 Å². The van der Waals surface area contributed by atoms with E-state index in [0.29, 0.717) is 18.2 Å². The maximum Gasteiger partial charge on any atom is 0.227 e. The minimum Gasteiger partial charge on any atom is -0.495 e. The third kappa shape index (κ3) is 3.79. The summed E-state index contributed by atoms with van der Waals surface area (Å²) < 4.78 is 5.39. The Morgan fingerprint density at radius 2 is 2.20 bits per heavy atom. The molecule has 2 aliphatic heterocycles. The van der Waals surface area contributed by atoms with Crippen molar-refractivity contribution < 1.29 is 14.3 Å². The van der Waals surface area contributed by atoms with Gasteiger partial charge in [0.15, 0.2) is 0 Å². The van der Waals surface area contributed by atoms with Gasteiger partial charge in [0, 0.05) is 25.6 Å². The number of aryl methyl sites for hydroxylation is 1. The van der Waals surface area contributed by atoms with E-state index >= 15 is 0 Å². The van der Waals surface area contributed by atoms with Gasteiger partial charge >= 0.3 is 0 Å². The van der Waals surface area contributed by atoms with Crippen LogP contribution in [0.5, 0.6) is 5.75 Å². The Morgan fingerprint density at radius 3 is 2.92 bits per heavy atom. The molecule has 2 fully saturated rings. The van der Waals surface area contributed by atoms with Gasteiger partial charge in [-0.25, -0.2) is 0 Å². The van der Waals surface area contributed by atoms with Gasteiger partial charge in [-0.2, -0.15) is 0 Å². The second kappa shape index (κ2) is 7.44. The summed E-state index contributed by atoms with van der Waals surface area (Å²) in [4.78, 5) is 26.8. The Morgan fingerprint density at radius 1 is 1.40 bits per heavy atom. The molecule has 2 aliphatic rings. The SMILES string of the molecule is COc1ccc(C)cc1N1CC(C(=O)NC2CNCCC2C)CC1=O. The number of amides is 2. The molecule has 1 aromatic carbocycles. The molecule has 0 bridgehead atoms. The number of carbonyl (C=O) groups is 2. The zero-order chi connectivity index (χ0) is 18.0. The van der Waals surface area contributed by atoms with Crippen LogP contribution in [0.2, 0.25) is 0 Å². The lowest BCUT2D eigenvalue weighted by atomic mass is 9.94. The van der Waals surface area contributed by atoms with Crippen molar-refractivity contribution in [3.8, 4) is 5.75 Å². The smallest absolute Gasteiger partial charge is 0.227 e. The summed E-state index contributed by atoms with van der Waals surface area (Å²) in [5.41, 5.74) is 1.80. The van der Waals surface area contributed by atoms with Gasteiger partial charge in [0.05, 0.1) is 18.7 Å². The van der Waals surface area contributed by atoms with Crippen LogP contribution in [-0.4, -0.2) is 44.6 Å². The van der Waals surface area contributed by atoms with Crippen LogP contribution in [0.15, 0.2) is 18.2 Å². The van der Waals surface area contributed by atoms with Crippen molar-refractivity contribution in [2.75, 3.05) is 31.6 Å². The third-order valence-electron chi connectivity index (χ3n) is 5.28. The van der Waals surface area contributed by atoms with Crippen molar-refractivity contribution >= 4 is 17.5 Å². The Balaban J connectivity index is 1.70. The maximum absolute atomic E-state index is 12.7. The normalized spacial score (nSPS) is 26.6. The van der Waals surface area contributed by atoms with Gasteiger partial charge in [0.25, 0.3) is 0 Å². The Bertz CT molecular complexity index is 661. The van der Waals surface area contributed by atoms with Crippen molar-refractivity contribution in [1.29, 1.82) is 0 Å². The van der Waals surface area contributed by atoms with E-state index in [2.05, 4.69) is 17.6 Å². The molecule has 136 valence electrons. The van der Waals surface area contributed by atoms with Crippen molar-refractivity contribution in [2.45, 2.75) is 32.7 Å². The van der Waals surface area contributed by atoms with Gasteiger partial charge in [-0.1, -0.05) is 13.0 Å². The van der Waals surface area contributed by atoms with Crippen LogP contribution in [0.3, 0.4) is 0 Å². The average molecular weight is 345 g/mol. The molecule has 0 aliphatic carbocycles. The van der Waals surface area contributed by atoms with Crippen LogP contribution < -0.4 is 20.3 Å². The summed E-state index contributed by atoms with van der Waals surface area (Å²) >= 11 is 0. The predicted octanol–water partition coefficient (Wildman–Crippen LogP) is 1.47. The zero-order valence-electron chi connectivity index (χ0n) is 15.2. The van der Waals surface area contributed by atoms with Gasteiger partial charge in [0.1, 0.15) is 5.75 Å². The second-order valence-corrected chi connectivity index (χ2v) is 7.17. The van der Waals surface area contributed by atoms with Crippen LogP contribution in [0, 0.1) is 18.8 Å². The minimum atomic E-state index is -0.313. The van der Waals surface area contributed by atoms with Crippen LogP contribution in [0.4, 0.5) is 5.69 Å². The fraction of sp³-hybridized carbons (Fsp3) is 0.579. The Hall–Kier alpha value is -2.08. The predicted molar refractivity (Wildman–Crippen MR) is 96.8 cm³/mol. The first-order valence-corrected chi connectivity index (χ1v) is 8.95. The topological polar surface area (TPSA) is 70.7 Å². The number of hydrogen-bond acceptors (Lipinski definition) is 4. The highest BCUT2D eigenvalue weighted by atomic mass is 16.5. The molecule has 1 aromatic rings. The molecule has 6 heteroatoms. The van der Waals surface area contributed by atoms with Crippen LogP contribution in [0.25, 0.3) is 0 Å². The number of methoxy groups -OCH3 is 1. The molecule has 0 spiro atoms. The van der Waals surface area contributed by atoms with E-state index in [4.69, 9.17) is 4.74 Å². The van der Waals surface area contributed by atoms with Gasteiger partial charge < -0.3 is 20.3 Å². The Labute approximate surface area is 148 Å². The molecule has 6 nitrogen and oxygen atoms in total. The Kier molecular flexibility index (Phi) is 5.27.